The van der Waals surface area contributed by atoms with Crippen molar-refractivity contribution >= 4 is 35.8 Å². The third-order valence-corrected chi connectivity index (χ3v) is 5.10. The Labute approximate surface area is 162 Å². The second-order valence-electron chi connectivity index (χ2n) is 6.92. The van der Waals surface area contributed by atoms with Gasteiger partial charge in [0.15, 0.2) is 5.96 Å². The number of aliphatic imine (C=N–C) groups is 1. The Bertz CT molecular complexity index is 440. The van der Waals surface area contributed by atoms with E-state index in [2.05, 4.69) is 27.9 Å². The van der Waals surface area contributed by atoms with Crippen LogP contribution in [0.3, 0.4) is 0 Å². The molecule has 3 unspecified atom stereocenters. The Hall–Kier alpha value is -0.570. The van der Waals surface area contributed by atoms with Crippen LogP contribution in [0.15, 0.2) is 4.99 Å². The minimum absolute atomic E-state index is 0. The minimum atomic E-state index is 0. The predicted octanol–water partition coefficient (Wildman–Crippen LogP) is 1.93. The molecule has 0 radical (unpaired) electrons. The molecule has 24 heavy (non-hydrogen) atoms. The highest BCUT2D eigenvalue weighted by atomic mass is 127. The van der Waals surface area contributed by atoms with Gasteiger partial charge in [0.25, 0.3) is 0 Å². The molecule has 7 heteroatoms. The minimum Gasteiger partial charge on any atom is -0.373 e. The Morgan fingerprint density at radius 2 is 1.96 bits per heavy atom. The van der Waals surface area contributed by atoms with Crippen LogP contribution in [-0.4, -0.2) is 49.2 Å². The van der Waals surface area contributed by atoms with E-state index in [4.69, 9.17) is 4.74 Å². The van der Waals surface area contributed by atoms with Crippen LogP contribution in [0.1, 0.15) is 58.3 Å². The molecular weight excluding hydrogens is 419 g/mol. The van der Waals surface area contributed by atoms with E-state index in [1.54, 1.807) is 0 Å². The first-order valence-corrected chi connectivity index (χ1v) is 9.24. The normalized spacial score (nSPS) is 29.4. The Morgan fingerprint density at radius 3 is 2.58 bits per heavy atom. The van der Waals surface area contributed by atoms with E-state index in [9.17, 15) is 4.79 Å². The van der Waals surface area contributed by atoms with Crippen LogP contribution in [0.2, 0.25) is 0 Å². The quantitative estimate of drug-likeness (QED) is 0.329. The van der Waals surface area contributed by atoms with Crippen LogP contribution in [0.25, 0.3) is 0 Å². The van der Waals surface area contributed by atoms with Crippen molar-refractivity contribution in [3.8, 4) is 0 Å². The van der Waals surface area contributed by atoms with E-state index < -0.39 is 0 Å². The molecule has 0 aromatic carbocycles. The van der Waals surface area contributed by atoms with Gasteiger partial charge in [-0.15, -0.1) is 24.0 Å². The molecule has 2 saturated heterocycles. The predicted molar refractivity (Wildman–Crippen MR) is 106 cm³/mol. The smallest absolute Gasteiger partial charge is 0.222 e. The first-order chi connectivity index (χ1) is 11.2. The molecule has 3 rings (SSSR count). The van der Waals surface area contributed by atoms with Gasteiger partial charge in [0, 0.05) is 19.0 Å². The van der Waals surface area contributed by atoms with Crippen molar-refractivity contribution in [2.75, 3.05) is 13.1 Å². The number of hydrogen-bond donors (Lipinski definition) is 3. The SMILES string of the molecule is CCNC(=NCCC(=O)NC1CCCC1)NC1CC2CCC1O2.I. The lowest BCUT2D eigenvalue weighted by molar-refractivity contribution is -0.121. The summed E-state index contributed by atoms with van der Waals surface area (Å²) in [4.78, 5) is 16.5. The van der Waals surface area contributed by atoms with Crippen molar-refractivity contribution < 1.29 is 9.53 Å². The second-order valence-corrected chi connectivity index (χ2v) is 6.92. The van der Waals surface area contributed by atoms with Crippen molar-refractivity contribution in [2.45, 2.75) is 82.6 Å². The highest BCUT2D eigenvalue weighted by Crippen LogP contribution is 2.34. The number of amides is 1. The molecule has 3 fully saturated rings. The molecule has 2 aliphatic heterocycles. The zero-order chi connectivity index (χ0) is 16.1. The molecule has 0 aromatic heterocycles. The van der Waals surface area contributed by atoms with E-state index in [-0.39, 0.29) is 29.9 Å². The van der Waals surface area contributed by atoms with E-state index in [0.717, 1.165) is 38.2 Å². The first kappa shape index (κ1) is 19.8. The lowest BCUT2D eigenvalue weighted by Crippen LogP contribution is -2.47. The molecule has 1 saturated carbocycles. The van der Waals surface area contributed by atoms with Gasteiger partial charge >= 0.3 is 0 Å². The molecule has 3 N–H and O–H groups in total. The topological polar surface area (TPSA) is 74.8 Å². The van der Waals surface area contributed by atoms with Gasteiger partial charge < -0.3 is 20.7 Å². The Kier molecular flexibility index (Phi) is 8.06. The number of nitrogens with one attached hydrogen (secondary N) is 3. The number of carbonyl (C=O) groups excluding carboxylic acids is 1. The molecule has 138 valence electrons. The van der Waals surface area contributed by atoms with E-state index >= 15 is 0 Å². The Morgan fingerprint density at radius 1 is 1.17 bits per heavy atom. The van der Waals surface area contributed by atoms with Gasteiger partial charge in [-0.3, -0.25) is 9.79 Å². The maximum Gasteiger partial charge on any atom is 0.222 e. The zero-order valence-electron chi connectivity index (χ0n) is 14.6. The van der Waals surface area contributed by atoms with E-state index in [0.29, 0.717) is 37.3 Å². The average molecular weight is 450 g/mol. The van der Waals surface area contributed by atoms with Crippen LogP contribution >= 0.6 is 24.0 Å². The summed E-state index contributed by atoms with van der Waals surface area (Å²) in [7, 11) is 0. The van der Waals surface area contributed by atoms with Crippen molar-refractivity contribution in [1.29, 1.82) is 0 Å². The van der Waals surface area contributed by atoms with Crippen molar-refractivity contribution in [3.05, 3.63) is 0 Å². The zero-order valence-corrected chi connectivity index (χ0v) is 16.9. The van der Waals surface area contributed by atoms with Crippen LogP contribution < -0.4 is 16.0 Å². The second kappa shape index (κ2) is 9.79. The molecule has 2 heterocycles. The fraction of sp³-hybridized carbons (Fsp3) is 0.882. The first-order valence-electron chi connectivity index (χ1n) is 9.24. The molecule has 3 atom stereocenters. The Balaban J connectivity index is 0.00000208. The maximum absolute atomic E-state index is 11.9. The maximum atomic E-state index is 11.9. The number of nitrogens with zero attached hydrogens (tertiary/aromatic N) is 1. The number of carbonyl (C=O) groups is 1. The van der Waals surface area contributed by atoms with Gasteiger partial charge in [-0.05, 0) is 39.0 Å². The summed E-state index contributed by atoms with van der Waals surface area (Å²) >= 11 is 0. The van der Waals surface area contributed by atoms with E-state index in [1.165, 1.54) is 19.3 Å². The fourth-order valence-corrected chi connectivity index (χ4v) is 3.92. The number of fused-ring (bicyclic) bond motifs is 2. The fourth-order valence-electron chi connectivity index (χ4n) is 3.92. The highest BCUT2D eigenvalue weighted by Gasteiger charge is 2.41. The largest absolute Gasteiger partial charge is 0.373 e. The van der Waals surface area contributed by atoms with Crippen LogP contribution in [-0.2, 0) is 9.53 Å². The third-order valence-electron chi connectivity index (χ3n) is 5.10. The molecule has 6 nitrogen and oxygen atoms in total. The standard InChI is InChI=1S/C17H30N4O2.HI/c1-2-18-17(21-14-11-13-7-8-15(14)23-13)19-10-9-16(22)20-12-5-3-4-6-12;/h12-15H,2-11H2,1H3,(H,20,22)(H2,18,19,21);1H. The van der Waals surface area contributed by atoms with Gasteiger partial charge in [-0.25, -0.2) is 0 Å². The summed E-state index contributed by atoms with van der Waals surface area (Å²) < 4.78 is 5.87. The molecule has 1 aliphatic carbocycles. The summed E-state index contributed by atoms with van der Waals surface area (Å²) in [6.45, 7) is 3.40. The number of guanidine groups is 1. The van der Waals surface area contributed by atoms with Crippen LogP contribution in [0.4, 0.5) is 0 Å². The van der Waals surface area contributed by atoms with Crippen molar-refractivity contribution in [2.24, 2.45) is 4.99 Å². The summed E-state index contributed by atoms with van der Waals surface area (Å²) in [5.74, 6) is 0.932. The van der Waals surface area contributed by atoms with Crippen LogP contribution in [0, 0.1) is 0 Å². The third kappa shape index (κ3) is 5.47. The van der Waals surface area contributed by atoms with Gasteiger partial charge in [-0.2, -0.15) is 0 Å². The number of ether oxygens (including phenoxy) is 1. The molecular formula is C17H31IN4O2. The van der Waals surface area contributed by atoms with Gasteiger partial charge in [0.2, 0.25) is 5.91 Å². The monoisotopic (exact) mass is 450 g/mol. The lowest BCUT2D eigenvalue weighted by Gasteiger charge is -2.22. The van der Waals surface area contributed by atoms with Crippen molar-refractivity contribution in [3.63, 3.8) is 0 Å². The lowest BCUT2D eigenvalue weighted by atomic mass is 9.96. The van der Waals surface area contributed by atoms with Crippen molar-refractivity contribution in [1.82, 2.24) is 16.0 Å². The van der Waals surface area contributed by atoms with Gasteiger partial charge in [0.05, 0.1) is 24.8 Å². The molecule has 0 spiro atoms. The van der Waals surface area contributed by atoms with Gasteiger partial charge in [0.1, 0.15) is 0 Å². The summed E-state index contributed by atoms with van der Waals surface area (Å²) in [6.07, 6.45) is 9.35. The highest BCUT2D eigenvalue weighted by molar-refractivity contribution is 14.0. The summed E-state index contributed by atoms with van der Waals surface area (Å²) in [6, 6.07) is 0.753. The number of rotatable bonds is 6. The average Bonchev–Trinajstić information content (AvgIpc) is 3.25. The van der Waals surface area contributed by atoms with E-state index in [1.807, 2.05) is 0 Å². The molecule has 1 amide bonds. The molecule has 2 bridgehead atoms. The number of hydrogen-bond acceptors (Lipinski definition) is 3. The van der Waals surface area contributed by atoms with Gasteiger partial charge in [-0.1, -0.05) is 12.8 Å². The summed E-state index contributed by atoms with van der Waals surface area (Å²) in [5, 5.41) is 9.86. The number of halogens is 1. The molecule has 3 aliphatic rings. The van der Waals surface area contributed by atoms with Crippen LogP contribution in [0.5, 0.6) is 0 Å². The summed E-state index contributed by atoms with van der Waals surface area (Å²) in [5.41, 5.74) is 0. The molecule has 0 aromatic rings.